The third-order valence-electron chi connectivity index (χ3n) is 3.37. The molecule has 0 aliphatic heterocycles. The van der Waals surface area contributed by atoms with Gasteiger partial charge in [0.1, 0.15) is 5.75 Å². The van der Waals surface area contributed by atoms with Crippen molar-refractivity contribution in [1.29, 1.82) is 0 Å². The van der Waals surface area contributed by atoms with E-state index in [1.165, 1.54) is 6.92 Å². The maximum atomic E-state index is 12.4. The summed E-state index contributed by atoms with van der Waals surface area (Å²) in [7, 11) is 0. The number of aromatic nitrogens is 1. The van der Waals surface area contributed by atoms with Gasteiger partial charge in [0.15, 0.2) is 5.78 Å². The summed E-state index contributed by atoms with van der Waals surface area (Å²) in [5, 5.41) is 0. The molecule has 0 bridgehead atoms. The fourth-order valence-corrected chi connectivity index (χ4v) is 2.41. The quantitative estimate of drug-likeness (QED) is 0.794. The molecular formula is C18H21NO3. The van der Waals surface area contributed by atoms with Crippen LogP contribution in [0.2, 0.25) is 0 Å². The highest BCUT2D eigenvalue weighted by molar-refractivity contribution is 5.94. The summed E-state index contributed by atoms with van der Waals surface area (Å²) in [4.78, 5) is 23.9. The number of hydrogen-bond acceptors (Lipinski definition) is 3. The summed E-state index contributed by atoms with van der Waals surface area (Å²) < 4.78 is 7.32. The Labute approximate surface area is 130 Å². The van der Waals surface area contributed by atoms with Crippen molar-refractivity contribution in [2.24, 2.45) is 0 Å². The van der Waals surface area contributed by atoms with Gasteiger partial charge in [0, 0.05) is 12.1 Å². The van der Waals surface area contributed by atoms with Crippen molar-refractivity contribution in [2.75, 3.05) is 0 Å². The minimum absolute atomic E-state index is 0.0868. The first-order valence-electron chi connectivity index (χ1n) is 7.46. The highest BCUT2D eigenvalue weighted by atomic mass is 16.5. The number of ketones is 1. The van der Waals surface area contributed by atoms with Gasteiger partial charge in [-0.25, -0.2) is 0 Å². The second-order valence-electron chi connectivity index (χ2n) is 5.43. The van der Waals surface area contributed by atoms with Crippen LogP contribution in [0.4, 0.5) is 0 Å². The van der Waals surface area contributed by atoms with Crippen molar-refractivity contribution in [3.8, 4) is 17.0 Å². The van der Waals surface area contributed by atoms with Crippen LogP contribution in [0.15, 0.2) is 41.2 Å². The fourth-order valence-electron chi connectivity index (χ4n) is 2.41. The summed E-state index contributed by atoms with van der Waals surface area (Å²) in [6.45, 7) is 7.74. The first kappa shape index (κ1) is 16.0. The van der Waals surface area contributed by atoms with E-state index in [1.54, 1.807) is 10.6 Å². The van der Waals surface area contributed by atoms with E-state index in [0.717, 1.165) is 17.0 Å². The minimum Gasteiger partial charge on any atom is -0.491 e. The molecule has 0 aliphatic carbocycles. The lowest BCUT2D eigenvalue weighted by atomic mass is 10.1. The summed E-state index contributed by atoms with van der Waals surface area (Å²) in [6.07, 6.45) is 0.0868. The fraction of sp³-hybridized carbons (Fsp3) is 0.333. The summed E-state index contributed by atoms with van der Waals surface area (Å²) in [5.41, 5.74) is 1.65. The van der Waals surface area contributed by atoms with Crippen molar-refractivity contribution < 1.29 is 9.53 Å². The van der Waals surface area contributed by atoms with E-state index in [9.17, 15) is 9.59 Å². The van der Waals surface area contributed by atoms with Gasteiger partial charge in [0.05, 0.1) is 17.4 Å². The maximum Gasteiger partial charge on any atom is 0.261 e. The minimum atomic E-state index is -0.248. The van der Waals surface area contributed by atoms with Crippen molar-refractivity contribution in [1.82, 2.24) is 4.57 Å². The van der Waals surface area contributed by atoms with Gasteiger partial charge in [-0.15, -0.1) is 0 Å². The van der Waals surface area contributed by atoms with Crippen molar-refractivity contribution in [3.05, 3.63) is 52.3 Å². The van der Waals surface area contributed by atoms with Crippen LogP contribution in [-0.2, 0) is 6.54 Å². The number of nitrogens with zero attached hydrogens (tertiary/aromatic N) is 1. The lowest BCUT2D eigenvalue weighted by molar-refractivity contribution is 0.101. The Bertz CT molecular complexity index is 744. The molecule has 0 aliphatic rings. The van der Waals surface area contributed by atoms with Crippen LogP contribution in [0.3, 0.4) is 0 Å². The number of carbonyl (C=O) groups is 1. The van der Waals surface area contributed by atoms with E-state index in [2.05, 4.69) is 0 Å². The standard InChI is InChI=1S/C18H21NO3/c1-5-19-17(10-9-16(13(4)20)18(19)21)14-7-6-8-15(11-14)22-12(2)3/h6-12H,5H2,1-4H3. The van der Waals surface area contributed by atoms with E-state index < -0.39 is 0 Å². The predicted molar refractivity (Wildman–Crippen MR) is 87.6 cm³/mol. The van der Waals surface area contributed by atoms with Crippen LogP contribution >= 0.6 is 0 Å². The van der Waals surface area contributed by atoms with Crippen LogP contribution in [0, 0.1) is 0 Å². The van der Waals surface area contributed by atoms with Gasteiger partial charge in [-0.2, -0.15) is 0 Å². The molecule has 0 saturated heterocycles. The molecule has 1 heterocycles. The van der Waals surface area contributed by atoms with Gasteiger partial charge < -0.3 is 9.30 Å². The van der Waals surface area contributed by atoms with E-state index in [4.69, 9.17) is 4.74 Å². The zero-order chi connectivity index (χ0) is 16.3. The third kappa shape index (κ3) is 3.27. The van der Waals surface area contributed by atoms with Gasteiger partial charge in [-0.3, -0.25) is 9.59 Å². The molecule has 1 aromatic carbocycles. The Kier molecular flexibility index (Phi) is 4.81. The number of rotatable bonds is 5. The zero-order valence-corrected chi connectivity index (χ0v) is 13.4. The van der Waals surface area contributed by atoms with Crippen molar-refractivity contribution in [3.63, 3.8) is 0 Å². The largest absolute Gasteiger partial charge is 0.491 e. The Hall–Kier alpha value is -2.36. The first-order valence-corrected chi connectivity index (χ1v) is 7.46. The molecule has 0 radical (unpaired) electrons. The molecule has 116 valence electrons. The van der Waals surface area contributed by atoms with E-state index in [1.807, 2.05) is 51.1 Å². The number of hydrogen-bond donors (Lipinski definition) is 0. The lowest BCUT2D eigenvalue weighted by Gasteiger charge is -2.14. The summed E-state index contributed by atoms with van der Waals surface area (Å²) >= 11 is 0. The van der Waals surface area contributed by atoms with E-state index in [0.29, 0.717) is 6.54 Å². The van der Waals surface area contributed by atoms with Crippen LogP contribution in [0.5, 0.6) is 5.75 Å². The molecule has 1 aromatic heterocycles. The summed E-state index contributed by atoms with van der Waals surface area (Å²) in [6, 6.07) is 11.0. The molecule has 0 saturated carbocycles. The average molecular weight is 299 g/mol. The second kappa shape index (κ2) is 6.60. The predicted octanol–water partition coefficient (Wildman–Crippen LogP) is 3.53. The molecule has 0 atom stereocenters. The van der Waals surface area contributed by atoms with Gasteiger partial charge >= 0.3 is 0 Å². The van der Waals surface area contributed by atoms with E-state index >= 15 is 0 Å². The number of benzene rings is 1. The zero-order valence-electron chi connectivity index (χ0n) is 13.4. The molecular weight excluding hydrogens is 278 g/mol. The van der Waals surface area contributed by atoms with Crippen LogP contribution < -0.4 is 10.3 Å². The van der Waals surface area contributed by atoms with Gasteiger partial charge in [-0.05, 0) is 52.0 Å². The maximum absolute atomic E-state index is 12.4. The molecule has 4 heteroatoms. The highest BCUT2D eigenvalue weighted by Gasteiger charge is 2.12. The number of ether oxygens (including phenoxy) is 1. The van der Waals surface area contributed by atoms with Gasteiger partial charge in [-0.1, -0.05) is 12.1 Å². The second-order valence-corrected chi connectivity index (χ2v) is 5.43. The Morgan fingerprint density at radius 2 is 1.95 bits per heavy atom. The SMILES string of the molecule is CCn1c(-c2cccc(OC(C)C)c2)ccc(C(C)=O)c1=O. The molecule has 2 rings (SSSR count). The third-order valence-corrected chi connectivity index (χ3v) is 3.37. The molecule has 0 amide bonds. The Balaban J connectivity index is 2.56. The summed E-state index contributed by atoms with van der Waals surface area (Å²) in [5.74, 6) is 0.550. The molecule has 0 spiro atoms. The van der Waals surface area contributed by atoms with Crippen molar-refractivity contribution >= 4 is 5.78 Å². The number of Topliss-reactive ketones (excluding diaryl/α,β-unsaturated/α-hetero) is 1. The molecule has 4 nitrogen and oxygen atoms in total. The topological polar surface area (TPSA) is 48.3 Å². The Morgan fingerprint density at radius 1 is 1.23 bits per heavy atom. The van der Waals surface area contributed by atoms with Crippen LogP contribution in [-0.4, -0.2) is 16.5 Å². The Morgan fingerprint density at radius 3 is 2.55 bits per heavy atom. The monoisotopic (exact) mass is 299 g/mol. The first-order chi connectivity index (χ1) is 10.4. The highest BCUT2D eigenvalue weighted by Crippen LogP contribution is 2.24. The average Bonchev–Trinajstić information content (AvgIpc) is 2.46. The van der Waals surface area contributed by atoms with Crippen LogP contribution in [0.25, 0.3) is 11.3 Å². The normalized spacial score (nSPS) is 10.8. The number of carbonyl (C=O) groups excluding carboxylic acids is 1. The molecule has 2 aromatic rings. The van der Waals surface area contributed by atoms with Crippen LogP contribution in [0.1, 0.15) is 38.1 Å². The lowest BCUT2D eigenvalue weighted by Crippen LogP contribution is -2.26. The van der Waals surface area contributed by atoms with Gasteiger partial charge in [0.2, 0.25) is 0 Å². The van der Waals surface area contributed by atoms with E-state index in [-0.39, 0.29) is 23.0 Å². The smallest absolute Gasteiger partial charge is 0.261 e. The number of pyridine rings is 1. The van der Waals surface area contributed by atoms with Crippen molar-refractivity contribution in [2.45, 2.75) is 40.3 Å². The molecule has 0 fully saturated rings. The molecule has 0 N–H and O–H groups in total. The van der Waals surface area contributed by atoms with Gasteiger partial charge in [0.25, 0.3) is 5.56 Å². The molecule has 0 unspecified atom stereocenters. The molecule has 22 heavy (non-hydrogen) atoms.